The Morgan fingerprint density at radius 1 is 1.07 bits per heavy atom. The minimum Gasteiger partial charge on any atom is -0.503 e. The molecule has 0 saturated heterocycles. The summed E-state index contributed by atoms with van der Waals surface area (Å²) in [4.78, 5) is 17.5. The number of hydrogen-bond acceptors (Lipinski definition) is 8. The first-order valence-corrected chi connectivity index (χ1v) is 9.95. The summed E-state index contributed by atoms with van der Waals surface area (Å²) in [7, 11) is 2.72. The summed E-state index contributed by atoms with van der Waals surface area (Å²) < 4.78 is 15.8. The van der Waals surface area contributed by atoms with Crippen molar-refractivity contribution < 1.29 is 19.0 Å². The fraction of sp³-hybridized carbons (Fsp3) is 0.143. The number of esters is 1. The van der Waals surface area contributed by atoms with Crippen molar-refractivity contribution in [2.75, 3.05) is 14.2 Å². The van der Waals surface area contributed by atoms with Gasteiger partial charge in [-0.15, -0.1) is 10.2 Å². The number of ether oxygens (including phenoxy) is 3. The quantitative estimate of drug-likeness (QED) is 0.288. The molecule has 3 aromatic rings. The summed E-state index contributed by atoms with van der Waals surface area (Å²) in [6.07, 6.45) is 1.29. The first-order valence-electron chi connectivity index (χ1n) is 8.75. The van der Waals surface area contributed by atoms with Gasteiger partial charge in [0, 0.05) is 10.5 Å². The van der Waals surface area contributed by atoms with Crippen molar-refractivity contribution in [1.29, 1.82) is 0 Å². The Balaban J connectivity index is 1.95. The number of methoxy groups -OCH3 is 2. The number of aromatic nitrogens is 3. The van der Waals surface area contributed by atoms with Gasteiger partial charge < -0.3 is 14.2 Å². The molecule has 0 amide bonds. The predicted molar refractivity (Wildman–Crippen MR) is 114 cm³/mol. The predicted octanol–water partition coefficient (Wildman–Crippen LogP) is 4.94. The number of benzene rings is 2. The fourth-order valence-electron chi connectivity index (χ4n) is 2.49. The van der Waals surface area contributed by atoms with E-state index in [1.165, 1.54) is 32.2 Å². The molecule has 0 saturated carbocycles. The number of halogens is 1. The first kappa shape index (κ1) is 21.6. The van der Waals surface area contributed by atoms with Crippen molar-refractivity contribution in [2.45, 2.75) is 17.0 Å². The van der Waals surface area contributed by atoms with Crippen LogP contribution in [0.3, 0.4) is 0 Å². The highest BCUT2D eigenvalue weighted by Gasteiger charge is 2.20. The molecule has 0 aliphatic heterocycles. The van der Waals surface area contributed by atoms with Gasteiger partial charge in [-0.05, 0) is 36.4 Å². The second-order valence-electron chi connectivity index (χ2n) is 5.91. The molecule has 0 radical (unpaired) electrons. The van der Waals surface area contributed by atoms with E-state index in [1.54, 1.807) is 24.3 Å². The van der Waals surface area contributed by atoms with E-state index in [0.717, 1.165) is 10.5 Å². The zero-order chi connectivity index (χ0) is 21.5. The Morgan fingerprint density at radius 3 is 2.53 bits per heavy atom. The van der Waals surface area contributed by atoms with Crippen molar-refractivity contribution >= 4 is 34.9 Å². The van der Waals surface area contributed by atoms with E-state index in [0.29, 0.717) is 16.5 Å². The standard InChI is InChI=1S/C21H18ClN3O4S/c1-13-8-4-7-11-17(13)30-21-23-19(18(22)24-25-21)29-16-10-6-5-9-14(16)15(12-27-2)20(26)28-3/h4-12H,1-3H3. The van der Waals surface area contributed by atoms with E-state index < -0.39 is 5.97 Å². The summed E-state index contributed by atoms with van der Waals surface area (Å²) >= 11 is 7.51. The third-order valence-corrected chi connectivity index (χ3v) is 5.19. The Kier molecular flexibility index (Phi) is 7.26. The van der Waals surface area contributed by atoms with Crippen LogP contribution in [0.1, 0.15) is 11.1 Å². The largest absolute Gasteiger partial charge is 0.503 e. The van der Waals surface area contributed by atoms with Gasteiger partial charge in [-0.1, -0.05) is 48.0 Å². The molecule has 0 unspecified atom stereocenters. The van der Waals surface area contributed by atoms with E-state index in [1.807, 2.05) is 31.2 Å². The van der Waals surface area contributed by atoms with Crippen LogP contribution >= 0.6 is 23.4 Å². The van der Waals surface area contributed by atoms with Gasteiger partial charge in [0.2, 0.25) is 10.3 Å². The molecule has 0 atom stereocenters. The van der Waals surface area contributed by atoms with Gasteiger partial charge in [-0.25, -0.2) is 4.79 Å². The number of hydrogen-bond donors (Lipinski definition) is 0. The Bertz CT molecular complexity index is 1090. The number of carbonyl (C=O) groups excluding carboxylic acids is 1. The lowest BCUT2D eigenvalue weighted by atomic mass is 10.1. The second-order valence-corrected chi connectivity index (χ2v) is 7.28. The molecule has 7 nitrogen and oxygen atoms in total. The van der Waals surface area contributed by atoms with Crippen molar-refractivity contribution in [2.24, 2.45) is 0 Å². The van der Waals surface area contributed by atoms with Crippen LogP contribution in [0.2, 0.25) is 5.15 Å². The summed E-state index contributed by atoms with van der Waals surface area (Å²) in [5.41, 5.74) is 1.72. The smallest absolute Gasteiger partial charge is 0.341 e. The monoisotopic (exact) mass is 443 g/mol. The Labute approximate surface area is 183 Å². The van der Waals surface area contributed by atoms with Crippen LogP contribution < -0.4 is 4.74 Å². The van der Waals surface area contributed by atoms with Gasteiger partial charge >= 0.3 is 5.97 Å². The molecule has 0 aliphatic rings. The van der Waals surface area contributed by atoms with Crippen LogP contribution in [0.15, 0.2) is 64.8 Å². The lowest BCUT2D eigenvalue weighted by Crippen LogP contribution is -2.06. The molecular formula is C21H18ClN3O4S. The summed E-state index contributed by atoms with van der Waals surface area (Å²) in [5, 5.41) is 8.34. The topological polar surface area (TPSA) is 83.4 Å². The number of para-hydroxylation sites is 1. The van der Waals surface area contributed by atoms with Crippen molar-refractivity contribution in [3.8, 4) is 11.6 Å². The van der Waals surface area contributed by atoms with Gasteiger partial charge in [0.15, 0.2) is 0 Å². The van der Waals surface area contributed by atoms with E-state index >= 15 is 0 Å². The average Bonchev–Trinajstić information content (AvgIpc) is 2.76. The minimum atomic E-state index is -0.574. The number of nitrogens with zero attached hydrogens (tertiary/aromatic N) is 3. The van der Waals surface area contributed by atoms with Crippen LogP contribution in [0.4, 0.5) is 0 Å². The van der Waals surface area contributed by atoms with E-state index in [-0.39, 0.29) is 16.6 Å². The number of carbonyl (C=O) groups is 1. The lowest BCUT2D eigenvalue weighted by Gasteiger charge is -2.13. The number of aryl methyl sites for hydroxylation is 1. The molecule has 0 bridgehead atoms. The molecule has 9 heteroatoms. The first-order chi connectivity index (χ1) is 14.5. The highest BCUT2D eigenvalue weighted by Crippen LogP contribution is 2.34. The molecule has 154 valence electrons. The van der Waals surface area contributed by atoms with Crippen LogP contribution in [0, 0.1) is 6.92 Å². The zero-order valence-corrected chi connectivity index (χ0v) is 18.0. The lowest BCUT2D eigenvalue weighted by molar-refractivity contribution is -0.133. The van der Waals surface area contributed by atoms with Crippen LogP contribution in [-0.4, -0.2) is 35.4 Å². The molecule has 3 rings (SSSR count). The van der Waals surface area contributed by atoms with Gasteiger partial charge in [0.05, 0.1) is 20.5 Å². The maximum Gasteiger partial charge on any atom is 0.341 e. The number of rotatable bonds is 7. The van der Waals surface area contributed by atoms with Crippen LogP contribution in [0.25, 0.3) is 5.57 Å². The van der Waals surface area contributed by atoms with Crippen LogP contribution in [-0.2, 0) is 14.3 Å². The molecule has 1 heterocycles. The summed E-state index contributed by atoms with van der Waals surface area (Å²) in [6.45, 7) is 2.00. The van der Waals surface area contributed by atoms with Gasteiger partial charge in [-0.2, -0.15) is 4.98 Å². The molecule has 2 aromatic carbocycles. The summed E-state index contributed by atoms with van der Waals surface area (Å²) in [5.74, 6) is -0.173. The molecule has 0 aliphatic carbocycles. The maximum atomic E-state index is 12.2. The highest BCUT2D eigenvalue weighted by atomic mass is 35.5. The third kappa shape index (κ3) is 5.08. The van der Waals surface area contributed by atoms with Gasteiger partial charge in [-0.3, -0.25) is 0 Å². The highest BCUT2D eigenvalue weighted by molar-refractivity contribution is 7.99. The molecular weight excluding hydrogens is 426 g/mol. The van der Waals surface area contributed by atoms with Crippen molar-refractivity contribution in [3.63, 3.8) is 0 Å². The molecule has 0 fully saturated rings. The normalized spacial score (nSPS) is 11.1. The Hall–Kier alpha value is -3.10. The van der Waals surface area contributed by atoms with Gasteiger partial charge in [0.25, 0.3) is 5.88 Å². The molecule has 0 spiro atoms. The van der Waals surface area contributed by atoms with Gasteiger partial charge in [0.1, 0.15) is 11.3 Å². The third-order valence-electron chi connectivity index (χ3n) is 3.92. The van der Waals surface area contributed by atoms with E-state index in [2.05, 4.69) is 15.2 Å². The van der Waals surface area contributed by atoms with E-state index in [4.69, 9.17) is 25.8 Å². The average molecular weight is 444 g/mol. The van der Waals surface area contributed by atoms with Crippen LogP contribution in [0.5, 0.6) is 11.6 Å². The Morgan fingerprint density at radius 2 is 1.80 bits per heavy atom. The molecule has 0 N–H and O–H groups in total. The zero-order valence-electron chi connectivity index (χ0n) is 16.5. The molecule has 1 aromatic heterocycles. The minimum absolute atomic E-state index is 0.00530. The van der Waals surface area contributed by atoms with Crippen molar-refractivity contribution in [1.82, 2.24) is 15.2 Å². The SMILES string of the molecule is COC=C(C(=O)OC)c1ccccc1Oc1nc(Sc2ccccc2C)nnc1Cl. The maximum absolute atomic E-state index is 12.2. The fourth-order valence-corrected chi connectivity index (χ4v) is 3.40. The molecule has 30 heavy (non-hydrogen) atoms. The second kappa shape index (κ2) is 10.1. The van der Waals surface area contributed by atoms with Crippen molar-refractivity contribution in [3.05, 3.63) is 71.1 Å². The van der Waals surface area contributed by atoms with E-state index in [9.17, 15) is 4.79 Å². The summed E-state index contributed by atoms with van der Waals surface area (Å²) in [6, 6.07) is 14.7.